The topological polar surface area (TPSA) is 35.6 Å². The van der Waals surface area contributed by atoms with E-state index in [0.29, 0.717) is 6.04 Å². The first-order chi connectivity index (χ1) is 12.3. The van der Waals surface area contributed by atoms with Crippen molar-refractivity contribution in [3.8, 4) is 0 Å². The average Bonchev–Trinajstić information content (AvgIpc) is 3.12. The van der Waals surface area contributed by atoms with Crippen LogP contribution in [0.25, 0.3) is 0 Å². The Bertz CT molecular complexity index is 719. The molecule has 0 aliphatic heterocycles. The van der Waals surface area contributed by atoms with E-state index in [1.165, 1.54) is 18.5 Å². The monoisotopic (exact) mass is 372 g/mol. The molecule has 152 valence electrons. The second-order valence-corrected chi connectivity index (χ2v) is 10.7. The van der Waals surface area contributed by atoms with Gasteiger partial charge in [-0.2, -0.15) is 0 Å². The van der Waals surface area contributed by atoms with E-state index in [0.717, 1.165) is 17.9 Å². The van der Waals surface area contributed by atoms with Crippen molar-refractivity contribution in [2.45, 2.75) is 111 Å². The minimum Gasteiger partial charge on any atom is -0.331 e. The highest BCUT2D eigenvalue weighted by Crippen LogP contribution is 2.33. The molecule has 0 saturated carbocycles. The van der Waals surface area contributed by atoms with Gasteiger partial charge in [0.2, 0.25) is 0 Å². The Labute approximate surface area is 166 Å². The Morgan fingerprint density at radius 2 is 1.67 bits per heavy atom. The third-order valence-electron chi connectivity index (χ3n) is 5.31. The highest BCUT2D eigenvalue weighted by molar-refractivity contribution is 5.21. The zero-order valence-corrected chi connectivity index (χ0v) is 19.2. The van der Waals surface area contributed by atoms with Crippen LogP contribution in [0.1, 0.15) is 105 Å². The molecule has 0 bridgehead atoms. The number of imidazole rings is 2. The van der Waals surface area contributed by atoms with Crippen LogP contribution in [0.3, 0.4) is 0 Å². The molecule has 0 radical (unpaired) electrons. The fourth-order valence-corrected chi connectivity index (χ4v) is 3.83. The Morgan fingerprint density at radius 1 is 1.04 bits per heavy atom. The smallest absolute Gasteiger partial charge is 0.114 e. The molecule has 4 nitrogen and oxygen atoms in total. The Morgan fingerprint density at radius 3 is 2.15 bits per heavy atom. The number of hydrogen-bond acceptors (Lipinski definition) is 2. The summed E-state index contributed by atoms with van der Waals surface area (Å²) in [6.07, 6.45) is 9.56. The van der Waals surface area contributed by atoms with E-state index in [9.17, 15) is 0 Å². The SMILES string of the molecule is CCCC(C)n1cncc1C(C)(C)Cc1cn(C(C)(C)C)c(C(C)(C)C)n1. The van der Waals surface area contributed by atoms with Crippen molar-refractivity contribution in [3.63, 3.8) is 0 Å². The maximum atomic E-state index is 5.09. The predicted molar refractivity (Wildman–Crippen MR) is 114 cm³/mol. The Hall–Kier alpha value is -1.58. The second-order valence-electron chi connectivity index (χ2n) is 10.7. The van der Waals surface area contributed by atoms with Gasteiger partial charge in [0.1, 0.15) is 5.82 Å². The van der Waals surface area contributed by atoms with Crippen LogP contribution < -0.4 is 0 Å². The third kappa shape index (κ3) is 4.83. The lowest BCUT2D eigenvalue weighted by Gasteiger charge is -2.28. The number of aromatic nitrogens is 4. The normalized spacial score (nSPS) is 14.6. The quantitative estimate of drug-likeness (QED) is 0.622. The predicted octanol–water partition coefficient (Wildman–Crippen LogP) is 6.01. The number of nitrogens with zero attached hydrogens (tertiary/aromatic N) is 4. The van der Waals surface area contributed by atoms with Crippen molar-refractivity contribution in [1.82, 2.24) is 19.1 Å². The van der Waals surface area contributed by atoms with Gasteiger partial charge in [-0.05, 0) is 34.1 Å². The van der Waals surface area contributed by atoms with Crippen molar-refractivity contribution in [2.75, 3.05) is 0 Å². The lowest BCUT2D eigenvalue weighted by molar-refractivity contribution is 0.354. The Kier molecular flexibility index (Phi) is 5.99. The highest BCUT2D eigenvalue weighted by Gasteiger charge is 2.31. The van der Waals surface area contributed by atoms with Gasteiger partial charge in [0.15, 0.2) is 0 Å². The van der Waals surface area contributed by atoms with Crippen molar-refractivity contribution in [2.24, 2.45) is 0 Å². The summed E-state index contributed by atoms with van der Waals surface area (Å²) in [7, 11) is 0. The van der Waals surface area contributed by atoms with Crippen LogP contribution in [-0.2, 0) is 22.8 Å². The summed E-state index contributed by atoms with van der Waals surface area (Å²) in [5.41, 5.74) is 2.48. The van der Waals surface area contributed by atoms with Gasteiger partial charge in [-0.25, -0.2) is 9.97 Å². The van der Waals surface area contributed by atoms with Crippen molar-refractivity contribution < 1.29 is 0 Å². The summed E-state index contributed by atoms with van der Waals surface area (Å²) in [4.78, 5) is 9.56. The van der Waals surface area contributed by atoms with Gasteiger partial charge >= 0.3 is 0 Å². The molecule has 0 aromatic carbocycles. The zero-order chi connectivity index (χ0) is 20.6. The molecule has 27 heavy (non-hydrogen) atoms. The molecule has 1 atom stereocenters. The molecule has 0 amide bonds. The average molecular weight is 373 g/mol. The van der Waals surface area contributed by atoms with Crippen LogP contribution in [0.15, 0.2) is 18.7 Å². The van der Waals surface area contributed by atoms with Gasteiger partial charge in [-0.3, -0.25) is 0 Å². The van der Waals surface area contributed by atoms with Crippen molar-refractivity contribution >= 4 is 0 Å². The minimum absolute atomic E-state index is 0.0209. The van der Waals surface area contributed by atoms with Gasteiger partial charge in [-0.1, -0.05) is 48.0 Å². The van der Waals surface area contributed by atoms with Crippen molar-refractivity contribution in [3.05, 3.63) is 35.9 Å². The maximum absolute atomic E-state index is 5.09. The summed E-state index contributed by atoms with van der Waals surface area (Å²) in [6.45, 7) is 22.6. The molecule has 0 fully saturated rings. The molecule has 0 N–H and O–H groups in total. The Balaban J connectivity index is 2.39. The molecule has 0 aliphatic carbocycles. The van der Waals surface area contributed by atoms with E-state index < -0.39 is 0 Å². The summed E-state index contributed by atoms with van der Waals surface area (Å²) in [6, 6.07) is 0.476. The second kappa shape index (κ2) is 7.44. The maximum Gasteiger partial charge on any atom is 0.114 e. The molecular weight excluding hydrogens is 332 g/mol. The first-order valence-corrected chi connectivity index (χ1v) is 10.4. The summed E-state index contributed by atoms with van der Waals surface area (Å²) in [5.74, 6) is 1.16. The first kappa shape index (κ1) is 21.7. The minimum atomic E-state index is -0.0231. The van der Waals surface area contributed by atoms with Crippen LogP contribution >= 0.6 is 0 Å². The molecule has 4 heteroatoms. The van der Waals surface area contributed by atoms with Crippen LogP contribution in [0.4, 0.5) is 0 Å². The van der Waals surface area contributed by atoms with E-state index in [-0.39, 0.29) is 16.4 Å². The third-order valence-corrected chi connectivity index (χ3v) is 5.31. The lowest BCUT2D eigenvalue weighted by Crippen LogP contribution is -2.29. The van der Waals surface area contributed by atoms with Crippen LogP contribution in [-0.4, -0.2) is 19.1 Å². The molecule has 0 spiro atoms. The molecule has 1 unspecified atom stereocenters. The van der Waals surface area contributed by atoms with E-state index in [1.54, 1.807) is 0 Å². The zero-order valence-electron chi connectivity index (χ0n) is 19.2. The standard InChI is InChI=1S/C23H40N4/c1-11-12-17(2)26-16-24-14-19(26)23(9,10)13-18-15-27(22(6,7)8)20(25-18)21(3,4)5/h14-17H,11-13H2,1-10H3. The lowest BCUT2D eigenvalue weighted by atomic mass is 9.84. The largest absolute Gasteiger partial charge is 0.331 e. The van der Waals surface area contributed by atoms with Crippen LogP contribution in [0.5, 0.6) is 0 Å². The van der Waals surface area contributed by atoms with Gasteiger partial charge in [-0.15, -0.1) is 0 Å². The fourth-order valence-electron chi connectivity index (χ4n) is 3.83. The highest BCUT2D eigenvalue weighted by atomic mass is 15.1. The summed E-state index contributed by atoms with van der Waals surface area (Å²) in [5, 5.41) is 0. The molecule has 2 aromatic heterocycles. The van der Waals surface area contributed by atoms with Gasteiger partial charge in [0.25, 0.3) is 0 Å². The first-order valence-electron chi connectivity index (χ1n) is 10.4. The molecule has 0 saturated heterocycles. The van der Waals surface area contributed by atoms with Gasteiger partial charge in [0, 0.05) is 46.9 Å². The molecular formula is C23H40N4. The van der Waals surface area contributed by atoms with Gasteiger partial charge in [0.05, 0.1) is 12.0 Å². The van der Waals surface area contributed by atoms with E-state index in [1.807, 2.05) is 12.5 Å². The molecule has 2 aromatic rings. The van der Waals surface area contributed by atoms with Crippen LogP contribution in [0.2, 0.25) is 0 Å². The summed E-state index contributed by atoms with van der Waals surface area (Å²) < 4.78 is 4.71. The van der Waals surface area contributed by atoms with Crippen LogP contribution in [0, 0.1) is 0 Å². The van der Waals surface area contributed by atoms with E-state index >= 15 is 0 Å². The fraction of sp³-hybridized carbons (Fsp3) is 0.739. The number of hydrogen-bond donors (Lipinski definition) is 0. The molecule has 2 rings (SSSR count). The van der Waals surface area contributed by atoms with Crippen molar-refractivity contribution in [1.29, 1.82) is 0 Å². The van der Waals surface area contributed by atoms with E-state index in [4.69, 9.17) is 4.98 Å². The van der Waals surface area contributed by atoms with Gasteiger partial charge < -0.3 is 9.13 Å². The van der Waals surface area contributed by atoms with E-state index in [2.05, 4.69) is 89.6 Å². The number of rotatable bonds is 6. The summed E-state index contributed by atoms with van der Waals surface area (Å²) >= 11 is 0. The molecule has 2 heterocycles. The molecule has 0 aliphatic rings.